The van der Waals surface area contributed by atoms with Crippen LogP contribution in [0.1, 0.15) is 28.8 Å². The Bertz CT molecular complexity index is 926. The summed E-state index contributed by atoms with van der Waals surface area (Å²) in [6.45, 7) is 1.22. The molecule has 2 aromatic rings. The van der Waals surface area contributed by atoms with Crippen molar-refractivity contribution < 1.29 is 14.6 Å². The number of ether oxygens (including phenoxy) is 1. The van der Waals surface area contributed by atoms with Crippen LogP contribution < -0.4 is 4.74 Å². The van der Waals surface area contributed by atoms with Gasteiger partial charge in [-0.15, -0.1) is 0 Å². The van der Waals surface area contributed by atoms with Crippen molar-refractivity contribution in [3.05, 3.63) is 64.7 Å². The molecule has 0 spiro atoms. The van der Waals surface area contributed by atoms with Crippen LogP contribution in [0, 0.1) is 23.2 Å². The Labute approximate surface area is 169 Å². The van der Waals surface area contributed by atoms with Crippen molar-refractivity contribution in [1.29, 1.82) is 5.26 Å². The fraction of sp³-hybridized carbons (Fsp3) is 0.364. The minimum atomic E-state index is -0.582. The molecule has 1 N–H and O–H groups in total. The summed E-state index contributed by atoms with van der Waals surface area (Å²) < 4.78 is 5.99. The molecule has 1 heterocycles. The van der Waals surface area contributed by atoms with Gasteiger partial charge < -0.3 is 14.7 Å². The highest BCUT2D eigenvalue weighted by atomic mass is 35.5. The Hall–Kier alpha value is -2.55. The number of carbonyl (C=O) groups excluding carboxylic acids is 1. The number of rotatable bonds is 3. The molecular weight excluding hydrogens is 376 g/mol. The van der Waals surface area contributed by atoms with E-state index in [1.807, 2.05) is 12.1 Å². The van der Waals surface area contributed by atoms with Gasteiger partial charge in [0.25, 0.3) is 5.91 Å². The van der Waals surface area contributed by atoms with Gasteiger partial charge in [-0.1, -0.05) is 29.8 Å². The van der Waals surface area contributed by atoms with Gasteiger partial charge in [-0.2, -0.15) is 5.26 Å². The molecule has 2 aromatic carbocycles. The molecule has 0 aromatic heterocycles. The van der Waals surface area contributed by atoms with Crippen molar-refractivity contribution in [3.63, 3.8) is 0 Å². The quantitative estimate of drug-likeness (QED) is 0.861. The summed E-state index contributed by atoms with van der Waals surface area (Å²) in [5.41, 5.74) is 0.834. The van der Waals surface area contributed by atoms with E-state index in [1.165, 1.54) is 0 Å². The minimum Gasteiger partial charge on any atom is -0.488 e. The molecule has 1 aliphatic carbocycles. The van der Waals surface area contributed by atoms with Crippen LogP contribution in [-0.4, -0.2) is 41.2 Å². The zero-order chi connectivity index (χ0) is 19.7. The lowest BCUT2D eigenvalue weighted by molar-refractivity contribution is -0.0231. The van der Waals surface area contributed by atoms with Gasteiger partial charge in [0.05, 0.1) is 23.3 Å². The van der Waals surface area contributed by atoms with Gasteiger partial charge >= 0.3 is 0 Å². The molecule has 2 aliphatic rings. The Morgan fingerprint density at radius 2 is 1.89 bits per heavy atom. The first kappa shape index (κ1) is 18.8. The first-order chi connectivity index (χ1) is 13.5. The molecule has 4 atom stereocenters. The zero-order valence-electron chi connectivity index (χ0n) is 15.3. The van der Waals surface area contributed by atoms with Gasteiger partial charge in [-0.3, -0.25) is 4.79 Å². The largest absolute Gasteiger partial charge is 0.488 e. The maximum absolute atomic E-state index is 12.9. The second-order valence-electron chi connectivity index (χ2n) is 7.54. The van der Waals surface area contributed by atoms with E-state index < -0.39 is 6.10 Å². The molecule has 1 saturated heterocycles. The highest BCUT2D eigenvalue weighted by Gasteiger charge is 2.44. The lowest BCUT2D eigenvalue weighted by atomic mass is 9.78. The molecule has 4 rings (SSSR count). The van der Waals surface area contributed by atoms with Crippen LogP contribution in [0.3, 0.4) is 0 Å². The van der Waals surface area contributed by atoms with Crippen LogP contribution >= 0.6 is 11.6 Å². The first-order valence-corrected chi connectivity index (χ1v) is 9.81. The third-order valence-corrected chi connectivity index (χ3v) is 5.97. The normalized spacial score (nSPS) is 26.4. The van der Waals surface area contributed by atoms with Gasteiger partial charge in [0, 0.05) is 18.1 Å². The lowest BCUT2D eigenvalue weighted by Crippen LogP contribution is -2.42. The summed E-state index contributed by atoms with van der Waals surface area (Å²) in [4.78, 5) is 14.7. The molecule has 1 aliphatic heterocycles. The van der Waals surface area contributed by atoms with E-state index in [0.29, 0.717) is 47.8 Å². The molecule has 144 valence electrons. The van der Waals surface area contributed by atoms with Crippen molar-refractivity contribution in [2.45, 2.75) is 25.0 Å². The van der Waals surface area contributed by atoms with Crippen molar-refractivity contribution in [3.8, 4) is 11.8 Å². The zero-order valence-corrected chi connectivity index (χ0v) is 16.0. The molecular formula is C22H21ClN2O3. The van der Waals surface area contributed by atoms with Crippen LogP contribution in [0.2, 0.25) is 5.02 Å². The highest BCUT2D eigenvalue weighted by Crippen LogP contribution is 2.38. The van der Waals surface area contributed by atoms with E-state index in [2.05, 4.69) is 6.07 Å². The van der Waals surface area contributed by atoms with Crippen molar-refractivity contribution >= 4 is 17.5 Å². The number of amides is 1. The lowest BCUT2D eigenvalue weighted by Gasteiger charge is -2.35. The van der Waals surface area contributed by atoms with E-state index in [-0.39, 0.29) is 23.8 Å². The molecule has 0 radical (unpaired) electrons. The number of benzene rings is 2. The van der Waals surface area contributed by atoms with Gasteiger partial charge in [0.1, 0.15) is 11.9 Å². The van der Waals surface area contributed by atoms with Gasteiger partial charge in [0.2, 0.25) is 0 Å². The summed E-state index contributed by atoms with van der Waals surface area (Å²) in [6.07, 6.45) is 0.379. The predicted octanol–water partition coefficient (Wildman–Crippen LogP) is 3.50. The number of nitrogens with zero attached hydrogens (tertiary/aromatic N) is 2. The fourth-order valence-corrected chi connectivity index (χ4v) is 4.52. The molecule has 0 unspecified atom stereocenters. The fourth-order valence-electron chi connectivity index (χ4n) is 4.34. The van der Waals surface area contributed by atoms with Gasteiger partial charge in [-0.05, 0) is 55.0 Å². The van der Waals surface area contributed by atoms with Gasteiger partial charge in [0.15, 0.2) is 0 Å². The number of aliphatic hydroxyl groups is 1. The third kappa shape index (κ3) is 3.71. The highest BCUT2D eigenvalue weighted by molar-refractivity contribution is 6.30. The number of halogens is 1. The predicted molar refractivity (Wildman–Crippen MR) is 105 cm³/mol. The van der Waals surface area contributed by atoms with Crippen molar-refractivity contribution in [2.24, 2.45) is 11.8 Å². The summed E-state index contributed by atoms with van der Waals surface area (Å²) in [6, 6.07) is 16.1. The van der Waals surface area contributed by atoms with E-state index in [4.69, 9.17) is 16.3 Å². The maximum Gasteiger partial charge on any atom is 0.255 e. The Balaban J connectivity index is 1.45. The molecule has 1 amide bonds. The molecule has 6 heteroatoms. The Morgan fingerprint density at radius 1 is 1.14 bits per heavy atom. The number of hydrogen-bond acceptors (Lipinski definition) is 4. The van der Waals surface area contributed by atoms with E-state index in [0.717, 1.165) is 0 Å². The molecule has 1 saturated carbocycles. The summed E-state index contributed by atoms with van der Waals surface area (Å²) in [7, 11) is 0. The van der Waals surface area contributed by atoms with Crippen molar-refractivity contribution in [1.82, 2.24) is 4.90 Å². The summed E-state index contributed by atoms with van der Waals surface area (Å²) in [5, 5.41) is 20.4. The Morgan fingerprint density at radius 3 is 2.64 bits per heavy atom. The molecule has 0 bridgehead atoms. The third-order valence-electron chi connectivity index (χ3n) is 5.73. The number of fused-ring (bicyclic) bond motifs is 1. The topological polar surface area (TPSA) is 73.6 Å². The van der Waals surface area contributed by atoms with E-state index >= 15 is 0 Å². The second kappa shape index (κ2) is 7.83. The summed E-state index contributed by atoms with van der Waals surface area (Å²) >= 11 is 6.02. The van der Waals surface area contributed by atoms with Crippen LogP contribution in [0.5, 0.6) is 5.75 Å². The number of likely N-dealkylation sites (tertiary alicyclic amines) is 1. The van der Waals surface area contributed by atoms with Crippen LogP contribution in [0.25, 0.3) is 0 Å². The van der Waals surface area contributed by atoms with Crippen LogP contribution in [-0.2, 0) is 0 Å². The standard InChI is InChI=1S/C22H21ClN2O3/c23-17-5-3-6-18(10-17)28-21-9-16-13-25(12-15(16)8-20(21)26)22(27)19-7-2-1-4-14(19)11-24/h1-7,10,15-16,20-21,26H,8-9,12-13H2/t15-,16+,20+,21+/m0/s1. The molecule has 5 nitrogen and oxygen atoms in total. The smallest absolute Gasteiger partial charge is 0.255 e. The summed E-state index contributed by atoms with van der Waals surface area (Å²) in [5.74, 6) is 1.04. The molecule has 2 fully saturated rings. The maximum atomic E-state index is 12.9. The number of carbonyl (C=O) groups is 1. The average Bonchev–Trinajstić information content (AvgIpc) is 3.10. The number of hydrogen-bond donors (Lipinski definition) is 1. The number of aliphatic hydroxyl groups excluding tert-OH is 1. The first-order valence-electron chi connectivity index (χ1n) is 9.44. The monoisotopic (exact) mass is 396 g/mol. The van der Waals surface area contributed by atoms with Crippen molar-refractivity contribution in [2.75, 3.05) is 13.1 Å². The van der Waals surface area contributed by atoms with E-state index in [1.54, 1.807) is 41.3 Å². The van der Waals surface area contributed by atoms with E-state index in [9.17, 15) is 15.2 Å². The molecule has 28 heavy (non-hydrogen) atoms. The van der Waals surface area contributed by atoms with Crippen LogP contribution in [0.15, 0.2) is 48.5 Å². The van der Waals surface area contributed by atoms with Gasteiger partial charge in [-0.25, -0.2) is 0 Å². The number of nitriles is 1. The Kier molecular flexibility index (Phi) is 5.25. The SMILES string of the molecule is N#Cc1ccccc1C(=O)N1C[C@H]2C[C@@H](Oc3cccc(Cl)c3)[C@H](O)C[C@H]2C1. The second-order valence-corrected chi connectivity index (χ2v) is 7.98. The minimum absolute atomic E-state index is 0.117. The average molecular weight is 397 g/mol. The van der Waals surface area contributed by atoms with Crippen LogP contribution in [0.4, 0.5) is 0 Å².